The molecule has 2 atom stereocenters. The standard InChI is InChI=1S/C18H18O/c19-12-16-11-17(16)13-18(17,14-7-3-1-4-8-14)15-9-5-2-6-10-15/h1-10,16,19H,11-13H2/t16-,17-/m1/s1. The fourth-order valence-corrected chi connectivity index (χ4v) is 4.18. The van der Waals surface area contributed by atoms with Crippen LogP contribution in [0.5, 0.6) is 0 Å². The summed E-state index contributed by atoms with van der Waals surface area (Å²) in [6.07, 6.45) is 2.37. The van der Waals surface area contributed by atoms with Crippen LogP contribution in [0.3, 0.4) is 0 Å². The average molecular weight is 250 g/mol. The predicted molar refractivity (Wildman–Crippen MR) is 75.9 cm³/mol. The number of hydrogen-bond acceptors (Lipinski definition) is 1. The van der Waals surface area contributed by atoms with E-state index in [1.807, 2.05) is 0 Å². The molecule has 2 aromatic carbocycles. The summed E-state index contributed by atoms with van der Waals surface area (Å²) in [7, 11) is 0. The summed E-state index contributed by atoms with van der Waals surface area (Å²) in [6.45, 7) is 0.335. The van der Waals surface area contributed by atoms with Gasteiger partial charge in [-0.25, -0.2) is 0 Å². The molecule has 2 aliphatic carbocycles. The molecule has 1 heteroatoms. The van der Waals surface area contributed by atoms with Crippen LogP contribution in [0.1, 0.15) is 24.0 Å². The molecule has 2 aromatic rings. The molecule has 0 saturated heterocycles. The number of rotatable bonds is 3. The lowest BCUT2D eigenvalue weighted by atomic mass is 9.84. The molecule has 0 unspecified atom stereocenters. The SMILES string of the molecule is OC[C@H]1C[C@@]12CC2(c1ccccc1)c1ccccc1. The highest BCUT2D eigenvalue weighted by atomic mass is 16.3. The molecule has 2 aliphatic rings. The van der Waals surface area contributed by atoms with Crippen molar-refractivity contribution >= 4 is 0 Å². The van der Waals surface area contributed by atoms with Crippen LogP contribution in [0.2, 0.25) is 0 Å². The quantitative estimate of drug-likeness (QED) is 0.885. The van der Waals surface area contributed by atoms with Gasteiger partial charge in [0.05, 0.1) is 0 Å². The second-order valence-electron chi connectivity index (χ2n) is 6.05. The molecule has 1 N–H and O–H groups in total. The van der Waals surface area contributed by atoms with Crippen molar-refractivity contribution in [3.63, 3.8) is 0 Å². The maximum atomic E-state index is 9.51. The average Bonchev–Trinajstić information content (AvgIpc) is 3.38. The van der Waals surface area contributed by atoms with Crippen LogP contribution < -0.4 is 0 Å². The normalized spacial score (nSPS) is 30.3. The van der Waals surface area contributed by atoms with Gasteiger partial charge in [0.1, 0.15) is 0 Å². The molecule has 1 spiro atoms. The van der Waals surface area contributed by atoms with Crippen molar-refractivity contribution in [1.82, 2.24) is 0 Å². The Balaban J connectivity index is 1.84. The number of aliphatic hydroxyl groups excluding tert-OH is 1. The lowest BCUT2D eigenvalue weighted by molar-refractivity contribution is 0.264. The van der Waals surface area contributed by atoms with Gasteiger partial charge < -0.3 is 5.11 Å². The third-order valence-corrected chi connectivity index (χ3v) is 5.29. The van der Waals surface area contributed by atoms with E-state index in [-0.39, 0.29) is 5.41 Å². The summed E-state index contributed by atoms with van der Waals surface area (Å²) in [5.41, 5.74) is 3.32. The Morgan fingerprint density at radius 2 is 1.42 bits per heavy atom. The van der Waals surface area contributed by atoms with E-state index in [9.17, 15) is 5.11 Å². The van der Waals surface area contributed by atoms with Crippen molar-refractivity contribution in [1.29, 1.82) is 0 Å². The monoisotopic (exact) mass is 250 g/mol. The van der Waals surface area contributed by atoms with Crippen LogP contribution in [0.25, 0.3) is 0 Å². The lowest BCUT2D eigenvalue weighted by Gasteiger charge is -2.19. The summed E-state index contributed by atoms with van der Waals surface area (Å²) in [6, 6.07) is 21.6. The molecular weight excluding hydrogens is 232 g/mol. The third kappa shape index (κ3) is 1.34. The van der Waals surface area contributed by atoms with E-state index >= 15 is 0 Å². The third-order valence-electron chi connectivity index (χ3n) is 5.29. The van der Waals surface area contributed by atoms with Crippen LogP contribution in [0, 0.1) is 11.3 Å². The van der Waals surface area contributed by atoms with Gasteiger partial charge in [-0.05, 0) is 35.3 Å². The molecule has 0 radical (unpaired) electrons. The smallest absolute Gasteiger partial charge is 0.0465 e. The van der Waals surface area contributed by atoms with E-state index in [0.29, 0.717) is 17.9 Å². The van der Waals surface area contributed by atoms with Crippen molar-refractivity contribution in [2.45, 2.75) is 18.3 Å². The van der Waals surface area contributed by atoms with Gasteiger partial charge in [0.15, 0.2) is 0 Å². The van der Waals surface area contributed by atoms with E-state index in [4.69, 9.17) is 0 Å². The van der Waals surface area contributed by atoms with E-state index in [0.717, 1.165) is 0 Å². The van der Waals surface area contributed by atoms with Crippen molar-refractivity contribution in [2.75, 3.05) is 6.61 Å². The highest BCUT2D eigenvalue weighted by molar-refractivity contribution is 5.54. The van der Waals surface area contributed by atoms with E-state index in [2.05, 4.69) is 60.7 Å². The van der Waals surface area contributed by atoms with Gasteiger partial charge >= 0.3 is 0 Å². The van der Waals surface area contributed by atoms with Crippen molar-refractivity contribution in [3.05, 3.63) is 71.8 Å². The minimum absolute atomic E-state index is 0.156. The van der Waals surface area contributed by atoms with Crippen molar-refractivity contribution in [3.8, 4) is 0 Å². The molecule has 0 aliphatic heterocycles. The number of benzene rings is 2. The first-order valence-electron chi connectivity index (χ1n) is 7.05. The molecular formula is C18H18O. The van der Waals surface area contributed by atoms with E-state index in [1.165, 1.54) is 24.0 Å². The van der Waals surface area contributed by atoms with Crippen LogP contribution in [-0.4, -0.2) is 11.7 Å². The van der Waals surface area contributed by atoms with Crippen LogP contribution >= 0.6 is 0 Å². The summed E-state index contributed by atoms with van der Waals surface area (Å²) in [5, 5.41) is 9.51. The molecule has 4 rings (SSSR count). The number of hydrogen-bond donors (Lipinski definition) is 1. The Kier molecular flexibility index (Phi) is 2.19. The Hall–Kier alpha value is -1.60. The first kappa shape index (κ1) is 11.2. The minimum Gasteiger partial charge on any atom is -0.396 e. The van der Waals surface area contributed by atoms with Gasteiger partial charge in [0.25, 0.3) is 0 Å². The highest BCUT2D eigenvalue weighted by Crippen LogP contribution is 2.83. The van der Waals surface area contributed by atoms with Gasteiger partial charge in [0, 0.05) is 12.0 Å². The van der Waals surface area contributed by atoms with Gasteiger partial charge in [-0.3, -0.25) is 0 Å². The zero-order chi connectivity index (χ0) is 12.9. The lowest BCUT2D eigenvalue weighted by Crippen LogP contribution is -2.14. The summed E-state index contributed by atoms with van der Waals surface area (Å²) < 4.78 is 0. The second-order valence-corrected chi connectivity index (χ2v) is 6.05. The minimum atomic E-state index is 0.156. The zero-order valence-corrected chi connectivity index (χ0v) is 10.9. The predicted octanol–water partition coefficient (Wildman–Crippen LogP) is 3.38. The molecule has 1 nitrogen and oxygen atoms in total. The summed E-state index contributed by atoms with van der Waals surface area (Å²) >= 11 is 0. The van der Waals surface area contributed by atoms with Crippen LogP contribution in [0.4, 0.5) is 0 Å². The topological polar surface area (TPSA) is 20.2 Å². The molecule has 0 heterocycles. The van der Waals surface area contributed by atoms with Gasteiger partial charge in [-0.1, -0.05) is 60.7 Å². The Morgan fingerprint density at radius 1 is 0.895 bits per heavy atom. The molecule has 0 aromatic heterocycles. The molecule has 96 valence electrons. The highest BCUT2D eigenvalue weighted by Gasteiger charge is 2.79. The maximum absolute atomic E-state index is 9.51. The Bertz CT molecular complexity index is 550. The maximum Gasteiger partial charge on any atom is 0.0465 e. The van der Waals surface area contributed by atoms with Gasteiger partial charge in [0.2, 0.25) is 0 Å². The molecule has 2 saturated carbocycles. The zero-order valence-electron chi connectivity index (χ0n) is 10.9. The van der Waals surface area contributed by atoms with E-state index in [1.54, 1.807) is 0 Å². The fourth-order valence-electron chi connectivity index (χ4n) is 4.18. The molecule has 19 heavy (non-hydrogen) atoms. The second kappa shape index (κ2) is 3.71. The molecule has 0 amide bonds. The molecule has 2 fully saturated rings. The largest absolute Gasteiger partial charge is 0.396 e. The van der Waals surface area contributed by atoms with Crippen molar-refractivity contribution < 1.29 is 5.11 Å². The summed E-state index contributed by atoms with van der Waals surface area (Å²) in [5.74, 6) is 0.493. The first-order valence-corrected chi connectivity index (χ1v) is 7.05. The summed E-state index contributed by atoms with van der Waals surface area (Å²) in [4.78, 5) is 0. The van der Waals surface area contributed by atoms with Gasteiger partial charge in [-0.2, -0.15) is 0 Å². The van der Waals surface area contributed by atoms with E-state index < -0.39 is 0 Å². The van der Waals surface area contributed by atoms with Crippen LogP contribution in [-0.2, 0) is 5.41 Å². The van der Waals surface area contributed by atoms with Crippen molar-refractivity contribution in [2.24, 2.45) is 11.3 Å². The number of aliphatic hydroxyl groups is 1. The van der Waals surface area contributed by atoms with Crippen LogP contribution in [0.15, 0.2) is 60.7 Å². The molecule has 0 bridgehead atoms. The fraction of sp³-hybridized carbons (Fsp3) is 0.333. The Labute approximate surface area is 113 Å². The first-order chi connectivity index (χ1) is 9.33. The van der Waals surface area contributed by atoms with Gasteiger partial charge in [-0.15, -0.1) is 0 Å². The Morgan fingerprint density at radius 3 is 1.84 bits per heavy atom.